The van der Waals surface area contributed by atoms with E-state index in [1.165, 1.54) is 18.7 Å². The standard InChI is InChI=1S/C19H20FN7O/c1-11-7-27-9-13(4-14(20)18(27)24-11)25-19(28)15-5-23-17(6-22-15)26-8-12-2-3-21-16(12)10-26/h4-7,9,12,16,21H,2-3,8,10H2,1H3,(H,25,28)/t12-,16+/m0/s1. The number of halogens is 1. The number of pyridine rings is 1. The Morgan fingerprint density at radius 3 is 2.96 bits per heavy atom. The van der Waals surface area contributed by atoms with E-state index in [0.29, 0.717) is 23.3 Å². The highest BCUT2D eigenvalue weighted by molar-refractivity contribution is 6.02. The number of amides is 1. The molecule has 9 heteroatoms. The Morgan fingerprint density at radius 2 is 2.18 bits per heavy atom. The SMILES string of the molecule is Cc1cn2cc(NC(=O)c3cnc(N4C[C@@H]5CCN[C@@H]5C4)cn3)cc(F)c2n1. The minimum Gasteiger partial charge on any atom is -0.353 e. The Balaban J connectivity index is 1.30. The molecule has 1 amide bonds. The molecule has 3 aromatic heterocycles. The van der Waals surface area contributed by atoms with Gasteiger partial charge in [-0.15, -0.1) is 0 Å². The highest BCUT2D eigenvalue weighted by atomic mass is 19.1. The summed E-state index contributed by atoms with van der Waals surface area (Å²) in [5.74, 6) is 0.491. The van der Waals surface area contributed by atoms with Crippen molar-refractivity contribution in [3.05, 3.63) is 48.1 Å². The number of fused-ring (bicyclic) bond motifs is 2. The van der Waals surface area contributed by atoms with Gasteiger partial charge in [-0.2, -0.15) is 0 Å². The van der Waals surface area contributed by atoms with Crippen molar-refractivity contribution in [1.82, 2.24) is 24.7 Å². The van der Waals surface area contributed by atoms with Crippen molar-refractivity contribution < 1.29 is 9.18 Å². The number of rotatable bonds is 3. The number of anilines is 2. The first-order valence-corrected chi connectivity index (χ1v) is 9.33. The first-order valence-electron chi connectivity index (χ1n) is 9.33. The molecule has 2 N–H and O–H groups in total. The molecule has 28 heavy (non-hydrogen) atoms. The average Bonchev–Trinajstić information content (AvgIpc) is 3.36. The number of hydrogen-bond donors (Lipinski definition) is 2. The van der Waals surface area contributed by atoms with Gasteiger partial charge in [0.2, 0.25) is 0 Å². The minimum atomic E-state index is -0.500. The summed E-state index contributed by atoms with van der Waals surface area (Å²) in [6.07, 6.45) is 7.59. The second-order valence-corrected chi connectivity index (χ2v) is 7.42. The minimum absolute atomic E-state index is 0.184. The van der Waals surface area contributed by atoms with Crippen LogP contribution in [0.5, 0.6) is 0 Å². The van der Waals surface area contributed by atoms with Gasteiger partial charge in [0.25, 0.3) is 5.91 Å². The molecular formula is C19H20FN7O. The van der Waals surface area contributed by atoms with Crippen LogP contribution in [0.2, 0.25) is 0 Å². The first-order chi connectivity index (χ1) is 13.6. The predicted molar refractivity (Wildman–Crippen MR) is 102 cm³/mol. The topological polar surface area (TPSA) is 87.5 Å². The molecule has 8 nitrogen and oxygen atoms in total. The summed E-state index contributed by atoms with van der Waals surface area (Å²) >= 11 is 0. The molecule has 0 saturated carbocycles. The molecule has 0 aliphatic carbocycles. The fourth-order valence-corrected chi connectivity index (χ4v) is 4.08. The van der Waals surface area contributed by atoms with Crippen LogP contribution in [0.3, 0.4) is 0 Å². The maximum Gasteiger partial charge on any atom is 0.275 e. The van der Waals surface area contributed by atoms with Gasteiger partial charge in [0.15, 0.2) is 11.5 Å². The van der Waals surface area contributed by atoms with Crippen molar-refractivity contribution in [3.63, 3.8) is 0 Å². The Morgan fingerprint density at radius 1 is 1.29 bits per heavy atom. The van der Waals surface area contributed by atoms with Crippen LogP contribution in [-0.4, -0.2) is 50.9 Å². The smallest absolute Gasteiger partial charge is 0.275 e. The van der Waals surface area contributed by atoms with Gasteiger partial charge in [0.1, 0.15) is 11.5 Å². The fourth-order valence-electron chi connectivity index (χ4n) is 4.08. The third-order valence-corrected chi connectivity index (χ3v) is 5.44. The van der Waals surface area contributed by atoms with Crippen LogP contribution in [0.15, 0.2) is 30.9 Å². The van der Waals surface area contributed by atoms with E-state index in [0.717, 1.165) is 25.5 Å². The third kappa shape index (κ3) is 2.97. The second-order valence-electron chi connectivity index (χ2n) is 7.42. The Kier molecular flexibility index (Phi) is 3.97. The molecule has 0 spiro atoms. The Labute approximate surface area is 160 Å². The van der Waals surface area contributed by atoms with Gasteiger partial charge in [-0.1, -0.05) is 0 Å². The average molecular weight is 381 g/mol. The van der Waals surface area contributed by atoms with E-state index in [4.69, 9.17) is 0 Å². The number of nitrogens with zero attached hydrogens (tertiary/aromatic N) is 5. The van der Waals surface area contributed by atoms with Crippen LogP contribution in [0.1, 0.15) is 22.6 Å². The summed E-state index contributed by atoms with van der Waals surface area (Å²) < 4.78 is 15.7. The molecule has 5 rings (SSSR count). The summed E-state index contributed by atoms with van der Waals surface area (Å²) in [6, 6.07) is 1.76. The molecule has 0 unspecified atom stereocenters. The van der Waals surface area contributed by atoms with Crippen LogP contribution in [0.4, 0.5) is 15.9 Å². The molecule has 3 aromatic rings. The third-order valence-electron chi connectivity index (χ3n) is 5.44. The lowest BCUT2D eigenvalue weighted by atomic mass is 10.1. The molecule has 0 bridgehead atoms. The van der Waals surface area contributed by atoms with Gasteiger partial charge in [-0.25, -0.2) is 19.3 Å². The van der Waals surface area contributed by atoms with Crippen molar-refractivity contribution in [1.29, 1.82) is 0 Å². The number of aromatic nitrogens is 4. The summed E-state index contributed by atoms with van der Waals surface area (Å²) in [4.78, 5) is 27.4. The van der Waals surface area contributed by atoms with Gasteiger partial charge in [0.05, 0.1) is 23.8 Å². The molecule has 2 aliphatic heterocycles. The van der Waals surface area contributed by atoms with E-state index in [1.54, 1.807) is 29.9 Å². The van der Waals surface area contributed by atoms with Gasteiger partial charge >= 0.3 is 0 Å². The zero-order valence-corrected chi connectivity index (χ0v) is 15.4. The summed E-state index contributed by atoms with van der Waals surface area (Å²) in [6.45, 7) is 4.74. The van der Waals surface area contributed by atoms with Crippen molar-refractivity contribution in [2.45, 2.75) is 19.4 Å². The molecule has 144 valence electrons. The predicted octanol–water partition coefficient (Wildman–Crippen LogP) is 1.62. The van der Waals surface area contributed by atoms with Crippen LogP contribution >= 0.6 is 0 Å². The van der Waals surface area contributed by atoms with Gasteiger partial charge in [0, 0.05) is 37.6 Å². The first kappa shape index (κ1) is 17.1. The van der Waals surface area contributed by atoms with Crippen molar-refractivity contribution in [2.75, 3.05) is 29.9 Å². The highest BCUT2D eigenvalue weighted by Gasteiger charge is 2.36. The number of imidazole rings is 1. The van der Waals surface area contributed by atoms with E-state index in [1.807, 2.05) is 0 Å². The molecule has 2 saturated heterocycles. The number of aryl methyl sites for hydroxylation is 1. The normalized spacial score (nSPS) is 21.3. The number of carbonyl (C=O) groups excluding carboxylic acids is 1. The van der Waals surface area contributed by atoms with Gasteiger partial charge in [-0.3, -0.25) is 4.79 Å². The van der Waals surface area contributed by atoms with Crippen molar-refractivity contribution >= 4 is 23.1 Å². The molecular weight excluding hydrogens is 361 g/mol. The number of carbonyl (C=O) groups is 1. The Hall–Kier alpha value is -3.07. The molecule has 2 fully saturated rings. The highest BCUT2D eigenvalue weighted by Crippen LogP contribution is 2.27. The van der Waals surface area contributed by atoms with Crippen molar-refractivity contribution in [3.8, 4) is 0 Å². The maximum atomic E-state index is 14.2. The maximum absolute atomic E-state index is 14.2. The monoisotopic (exact) mass is 381 g/mol. The van der Waals surface area contributed by atoms with Gasteiger partial charge < -0.3 is 19.9 Å². The van der Waals surface area contributed by atoms with E-state index in [9.17, 15) is 9.18 Å². The summed E-state index contributed by atoms with van der Waals surface area (Å²) in [7, 11) is 0. The van der Waals surface area contributed by atoms with E-state index in [2.05, 4.69) is 30.5 Å². The largest absolute Gasteiger partial charge is 0.353 e. The number of nitrogens with one attached hydrogen (secondary N) is 2. The van der Waals surface area contributed by atoms with Crippen LogP contribution in [0, 0.1) is 18.7 Å². The van der Waals surface area contributed by atoms with Crippen molar-refractivity contribution in [2.24, 2.45) is 5.92 Å². The fraction of sp³-hybridized carbons (Fsp3) is 0.368. The summed E-state index contributed by atoms with van der Waals surface area (Å²) in [5, 5.41) is 6.17. The van der Waals surface area contributed by atoms with Crippen LogP contribution < -0.4 is 15.5 Å². The lowest BCUT2D eigenvalue weighted by Crippen LogP contribution is -2.30. The Bertz CT molecular complexity index is 1040. The quantitative estimate of drug-likeness (QED) is 0.717. The molecule has 5 heterocycles. The lowest BCUT2D eigenvalue weighted by Gasteiger charge is -2.17. The molecule has 0 aromatic carbocycles. The molecule has 0 radical (unpaired) electrons. The van der Waals surface area contributed by atoms with Crippen LogP contribution in [0.25, 0.3) is 5.65 Å². The number of hydrogen-bond acceptors (Lipinski definition) is 6. The van der Waals surface area contributed by atoms with E-state index >= 15 is 0 Å². The zero-order chi connectivity index (χ0) is 19.3. The molecule has 2 aliphatic rings. The zero-order valence-electron chi connectivity index (χ0n) is 15.4. The second kappa shape index (κ2) is 6.52. The summed E-state index contributed by atoms with van der Waals surface area (Å²) in [5.41, 5.74) is 1.44. The van der Waals surface area contributed by atoms with Gasteiger partial charge in [-0.05, 0) is 25.8 Å². The van der Waals surface area contributed by atoms with E-state index < -0.39 is 11.7 Å². The van der Waals surface area contributed by atoms with E-state index in [-0.39, 0.29) is 11.3 Å². The van der Waals surface area contributed by atoms with Crippen LogP contribution in [-0.2, 0) is 0 Å². The lowest BCUT2D eigenvalue weighted by molar-refractivity contribution is 0.102. The molecule has 2 atom stereocenters.